The quantitative estimate of drug-likeness (QED) is 0.563. The lowest BCUT2D eigenvalue weighted by Crippen LogP contribution is -2.49. The summed E-state index contributed by atoms with van der Waals surface area (Å²) in [6.07, 6.45) is 0. The van der Waals surface area contributed by atoms with E-state index < -0.39 is 21.7 Å². The van der Waals surface area contributed by atoms with Crippen LogP contribution in [0.5, 0.6) is 0 Å². The fourth-order valence-electron chi connectivity index (χ4n) is 0.762. The largest absolute Gasteiger partial charge is 0.480 e. The maximum atomic E-state index is 10.9. The molecule has 0 unspecified atom stereocenters. The molecule has 0 amide bonds. The monoisotopic (exact) mass is 195 g/mol. The Kier molecular flexibility index (Phi) is 2.65. The fourth-order valence-corrected chi connectivity index (χ4v) is 1.81. The molecular formula is C5H9NO5S. The smallest absolute Gasteiger partial charge is 0.320 e. The highest BCUT2D eigenvalue weighted by molar-refractivity contribution is 7.90. The molecule has 12 heavy (non-hydrogen) atoms. The molecule has 1 fully saturated rings. The Morgan fingerprint density at radius 2 is 2.17 bits per heavy atom. The number of hydrogen-bond donors (Lipinski definition) is 2. The van der Waals surface area contributed by atoms with Gasteiger partial charge in [0.05, 0.1) is 19.3 Å². The number of nitrogens with one attached hydrogen (secondary N) is 1. The van der Waals surface area contributed by atoms with Crippen molar-refractivity contribution in [2.45, 2.75) is 6.04 Å². The van der Waals surface area contributed by atoms with Gasteiger partial charge in [-0.3, -0.25) is 4.79 Å². The van der Waals surface area contributed by atoms with Gasteiger partial charge < -0.3 is 9.84 Å². The van der Waals surface area contributed by atoms with Gasteiger partial charge in [-0.1, -0.05) is 0 Å². The summed E-state index contributed by atoms with van der Waals surface area (Å²) in [6, 6.07) is -0.255. The van der Waals surface area contributed by atoms with Crippen LogP contribution < -0.4 is 4.72 Å². The van der Waals surface area contributed by atoms with Gasteiger partial charge in [0, 0.05) is 0 Å². The zero-order chi connectivity index (χ0) is 9.19. The Labute approximate surface area is 69.6 Å². The van der Waals surface area contributed by atoms with Gasteiger partial charge in [0.25, 0.3) is 0 Å². The third kappa shape index (κ3) is 2.76. The van der Waals surface area contributed by atoms with Crippen molar-refractivity contribution in [2.75, 3.05) is 19.0 Å². The first-order valence-corrected chi connectivity index (χ1v) is 4.94. The first-order chi connectivity index (χ1) is 5.49. The predicted molar refractivity (Wildman–Crippen MR) is 39.2 cm³/mol. The Hall–Kier alpha value is -0.660. The molecule has 0 saturated carbocycles. The highest BCUT2D eigenvalue weighted by atomic mass is 32.2. The second kappa shape index (κ2) is 3.38. The van der Waals surface area contributed by atoms with Gasteiger partial charge in [-0.2, -0.15) is 0 Å². The van der Waals surface area contributed by atoms with Crippen molar-refractivity contribution in [1.29, 1.82) is 0 Å². The molecule has 1 saturated heterocycles. The molecular weight excluding hydrogens is 186 g/mol. The van der Waals surface area contributed by atoms with Crippen LogP contribution in [0.4, 0.5) is 0 Å². The van der Waals surface area contributed by atoms with E-state index >= 15 is 0 Å². The van der Waals surface area contributed by atoms with Crippen molar-refractivity contribution >= 4 is 16.0 Å². The number of rotatable bonds is 4. The van der Waals surface area contributed by atoms with Crippen LogP contribution in [0.3, 0.4) is 0 Å². The molecule has 7 heteroatoms. The van der Waals surface area contributed by atoms with Crippen molar-refractivity contribution in [1.82, 2.24) is 4.72 Å². The summed E-state index contributed by atoms with van der Waals surface area (Å²) in [7, 11) is -3.67. The van der Waals surface area contributed by atoms with Gasteiger partial charge in [0.15, 0.2) is 5.75 Å². The number of aliphatic carboxylic acids is 1. The molecule has 0 radical (unpaired) electrons. The highest BCUT2D eigenvalue weighted by Crippen LogP contribution is 2.01. The van der Waals surface area contributed by atoms with Crippen LogP contribution in [0, 0.1) is 0 Å². The minimum absolute atomic E-state index is 0.255. The van der Waals surface area contributed by atoms with Crippen molar-refractivity contribution in [3.63, 3.8) is 0 Å². The third-order valence-electron chi connectivity index (χ3n) is 1.30. The molecule has 70 valence electrons. The topological polar surface area (TPSA) is 92.7 Å². The summed E-state index contributed by atoms with van der Waals surface area (Å²) in [6.45, 7) is 0.637. The van der Waals surface area contributed by atoms with Crippen molar-refractivity contribution in [3.05, 3.63) is 0 Å². The zero-order valence-electron chi connectivity index (χ0n) is 6.19. The Balaban J connectivity index is 2.42. The maximum Gasteiger partial charge on any atom is 0.320 e. The summed E-state index contributed by atoms with van der Waals surface area (Å²) in [5, 5.41) is 8.20. The van der Waals surface area contributed by atoms with Gasteiger partial charge >= 0.3 is 5.97 Å². The van der Waals surface area contributed by atoms with Gasteiger partial charge in [-0.25, -0.2) is 13.1 Å². The highest BCUT2D eigenvalue weighted by Gasteiger charge is 2.25. The summed E-state index contributed by atoms with van der Waals surface area (Å²) in [5.74, 6) is -2.24. The molecule has 0 aromatic heterocycles. The minimum Gasteiger partial charge on any atom is -0.480 e. The number of carboxylic acid groups (broad SMARTS) is 1. The molecule has 0 aromatic carbocycles. The maximum absolute atomic E-state index is 10.9. The van der Waals surface area contributed by atoms with Crippen molar-refractivity contribution in [2.24, 2.45) is 0 Å². The molecule has 0 aromatic rings. The van der Waals surface area contributed by atoms with E-state index in [1.54, 1.807) is 0 Å². The van der Waals surface area contributed by atoms with Crippen LogP contribution in [-0.2, 0) is 19.6 Å². The molecule has 1 aliphatic rings. The van der Waals surface area contributed by atoms with E-state index in [9.17, 15) is 13.2 Å². The normalized spacial score (nSPS) is 18.7. The number of carboxylic acids is 1. The molecule has 0 bridgehead atoms. The summed E-state index contributed by atoms with van der Waals surface area (Å²) < 4.78 is 28.7. The molecule has 1 aliphatic heterocycles. The van der Waals surface area contributed by atoms with Gasteiger partial charge in [0.2, 0.25) is 10.0 Å². The SMILES string of the molecule is O=C(O)CS(=O)(=O)NC1COC1. The molecule has 0 spiro atoms. The molecule has 0 aliphatic carbocycles. The molecule has 0 atom stereocenters. The third-order valence-corrected chi connectivity index (χ3v) is 2.62. The van der Waals surface area contributed by atoms with E-state index in [-0.39, 0.29) is 6.04 Å². The van der Waals surface area contributed by atoms with E-state index in [2.05, 4.69) is 4.72 Å². The summed E-state index contributed by atoms with van der Waals surface area (Å²) >= 11 is 0. The lowest BCUT2D eigenvalue weighted by molar-refractivity contribution is -0.134. The van der Waals surface area contributed by atoms with Gasteiger partial charge in [0.1, 0.15) is 0 Å². The average Bonchev–Trinajstić information content (AvgIpc) is 1.76. The Morgan fingerprint density at radius 1 is 1.58 bits per heavy atom. The lowest BCUT2D eigenvalue weighted by atomic mass is 10.3. The standard InChI is InChI=1S/C5H9NO5S/c7-5(8)3-12(9,10)6-4-1-11-2-4/h4,6H,1-3H2,(H,7,8). The number of ether oxygens (including phenoxy) is 1. The van der Waals surface area contributed by atoms with E-state index in [1.807, 2.05) is 0 Å². The summed E-state index contributed by atoms with van der Waals surface area (Å²) in [5.41, 5.74) is 0. The zero-order valence-corrected chi connectivity index (χ0v) is 7.00. The van der Waals surface area contributed by atoms with E-state index in [1.165, 1.54) is 0 Å². The fraction of sp³-hybridized carbons (Fsp3) is 0.800. The lowest BCUT2D eigenvalue weighted by Gasteiger charge is -2.26. The van der Waals surface area contributed by atoms with Crippen LogP contribution in [0.2, 0.25) is 0 Å². The molecule has 6 nitrogen and oxygen atoms in total. The Morgan fingerprint density at radius 3 is 2.50 bits per heavy atom. The van der Waals surface area contributed by atoms with Crippen LogP contribution in [-0.4, -0.2) is 44.5 Å². The minimum atomic E-state index is -3.67. The second-order valence-corrected chi connectivity index (χ2v) is 4.26. The summed E-state index contributed by atoms with van der Waals surface area (Å²) in [4.78, 5) is 10.1. The van der Waals surface area contributed by atoms with E-state index in [0.29, 0.717) is 13.2 Å². The van der Waals surface area contributed by atoms with Gasteiger partial charge in [-0.05, 0) is 0 Å². The van der Waals surface area contributed by atoms with Crippen LogP contribution in [0.25, 0.3) is 0 Å². The van der Waals surface area contributed by atoms with Crippen LogP contribution in [0.15, 0.2) is 0 Å². The average molecular weight is 195 g/mol. The number of hydrogen-bond acceptors (Lipinski definition) is 4. The van der Waals surface area contributed by atoms with E-state index in [0.717, 1.165) is 0 Å². The predicted octanol–water partition coefficient (Wildman–Crippen LogP) is -1.61. The van der Waals surface area contributed by atoms with E-state index in [4.69, 9.17) is 9.84 Å². The molecule has 2 N–H and O–H groups in total. The van der Waals surface area contributed by atoms with Crippen LogP contribution >= 0.6 is 0 Å². The molecule has 1 heterocycles. The first kappa shape index (κ1) is 9.43. The van der Waals surface area contributed by atoms with Crippen LogP contribution in [0.1, 0.15) is 0 Å². The number of carbonyl (C=O) groups is 1. The van der Waals surface area contributed by atoms with Crippen molar-refractivity contribution < 1.29 is 23.1 Å². The number of sulfonamides is 1. The first-order valence-electron chi connectivity index (χ1n) is 3.29. The second-order valence-electron chi connectivity index (χ2n) is 2.51. The molecule has 1 rings (SSSR count). The van der Waals surface area contributed by atoms with Crippen molar-refractivity contribution in [3.8, 4) is 0 Å². The Bertz CT molecular complexity index is 268. The van der Waals surface area contributed by atoms with Gasteiger partial charge in [-0.15, -0.1) is 0 Å².